The summed E-state index contributed by atoms with van der Waals surface area (Å²) in [6.45, 7) is 2.88. The Morgan fingerprint density at radius 3 is 2.92 bits per heavy atom. The predicted octanol–water partition coefficient (Wildman–Crippen LogP) is 2.49. The molecule has 25 heavy (non-hydrogen) atoms. The van der Waals surface area contributed by atoms with Gasteiger partial charge in [-0.3, -0.25) is 4.79 Å². The number of anilines is 1. The number of amides is 2. The number of likely N-dealkylation sites (tertiary alicyclic amines) is 1. The minimum atomic E-state index is -0.421. The van der Waals surface area contributed by atoms with Crippen LogP contribution in [0.4, 0.5) is 10.5 Å². The Bertz CT molecular complexity index is 705. The molecular weight excluding hydrogens is 318 g/mol. The van der Waals surface area contributed by atoms with Crippen LogP contribution in [0.2, 0.25) is 0 Å². The summed E-state index contributed by atoms with van der Waals surface area (Å²) in [4.78, 5) is 28.5. The minimum absolute atomic E-state index is 0.0842. The van der Waals surface area contributed by atoms with Crippen molar-refractivity contribution in [3.05, 3.63) is 29.3 Å². The van der Waals surface area contributed by atoms with Crippen LogP contribution in [0.25, 0.3) is 0 Å². The van der Waals surface area contributed by atoms with Gasteiger partial charge in [-0.25, -0.2) is 4.79 Å². The third kappa shape index (κ3) is 2.94. The van der Waals surface area contributed by atoms with E-state index in [1.54, 1.807) is 11.9 Å². The number of benzene rings is 1. The van der Waals surface area contributed by atoms with Crippen LogP contribution in [0.5, 0.6) is 0 Å². The molecule has 1 aromatic rings. The van der Waals surface area contributed by atoms with Crippen molar-refractivity contribution in [2.45, 2.75) is 37.7 Å². The van der Waals surface area contributed by atoms with Crippen LogP contribution in [0.3, 0.4) is 0 Å². The van der Waals surface area contributed by atoms with E-state index in [1.807, 2.05) is 17.0 Å². The number of ether oxygens (including phenoxy) is 1. The van der Waals surface area contributed by atoms with E-state index in [0.29, 0.717) is 26.1 Å². The molecule has 3 aliphatic rings. The van der Waals surface area contributed by atoms with Gasteiger partial charge in [0.2, 0.25) is 0 Å². The molecule has 0 saturated carbocycles. The van der Waals surface area contributed by atoms with Crippen molar-refractivity contribution in [2.24, 2.45) is 0 Å². The Labute approximate surface area is 148 Å². The van der Waals surface area contributed by atoms with E-state index in [9.17, 15) is 9.59 Å². The number of carbonyl (C=O) groups excluding carboxylic acids is 2. The lowest BCUT2D eigenvalue weighted by atomic mass is 9.95. The standard InChI is InChI=1S/C19H25N3O3/c1-21-13-19(25-18(21)24)8-4-11-22(12-9-19)17(23)15-7-2-5-14-6-3-10-20-16(14)15/h2,5,7,20H,3-4,6,8-13H2,1H3/t19-/m1/s1. The van der Waals surface area contributed by atoms with Gasteiger partial charge in [0, 0.05) is 33.1 Å². The number of hydrogen-bond acceptors (Lipinski definition) is 4. The molecule has 1 atom stereocenters. The van der Waals surface area contributed by atoms with E-state index < -0.39 is 5.60 Å². The number of aryl methyl sites for hydroxylation is 1. The second-order valence-corrected chi connectivity index (χ2v) is 7.42. The van der Waals surface area contributed by atoms with Gasteiger partial charge < -0.3 is 19.9 Å². The Balaban J connectivity index is 1.51. The van der Waals surface area contributed by atoms with Crippen molar-refractivity contribution in [3.63, 3.8) is 0 Å². The van der Waals surface area contributed by atoms with Crippen molar-refractivity contribution in [2.75, 3.05) is 38.5 Å². The maximum atomic E-state index is 13.1. The molecule has 0 aliphatic carbocycles. The molecule has 0 aromatic heterocycles. The summed E-state index contributed by atoms with van der Waals surface area (Å²) in [7, 11) is 1.77. The molecule has 0 unspecified atom stereocenters. The van der Waals surface area contributed by atoms with E-state index in [-0.39, 0.29) is 12.0 Å². The monoisotopic (exact) mass is 343 g/mol. The molecule has 2 amide bonds. The molecule has 1 spiro atoms. The molecule has 6 heteroatoms. The summed E-state index contributed by atoms with van der Waals surface area (Å²) < 4.78 is 5.64. The topological polar surface area (TPSA) is 61.9 Å². The Morgan fingerprint density at radius 1 is 1.24 bits per heavy atom. The number of carbonyl (C=O) groups is 2. The number of likely N-dealkylation sites (N-methyl/N-ethyl adjacent to an activating group) is 1. The van der Waals surface area contributed by atoms with Gasteiger partial charge in [0.05, 0.1) is 17.8 Å². The summed E-state index contributed by atoms with van der Waals surface area (Å²) in [5.41, 5.74) is 2.59. The Morgan fingerprint density at radius 2 is 2.12 bits per heavy atom. The fourth-order valence-corrected chi connectivity index (χ4v) is 4.28. The van der Waals surface area contributed by atoms with Gasteiger partial charge in [-0.15, -0.1) is 0 Å². The zero-order valence-electron chi connectivity index (χ0n) is 14.7. The first-order chi connectivity index (χ1) is 12.1. The highest BCUT2D eigenvalue weighted by Crippen LogP contribution is 2.34. The van der Waals surface area contributed by atoms with Gasteiger partial charge in [-0.1, -0.05) is 12.1 Å². The van der Waals surface area contributed by atoms with E-state index in [2.05, 4.69) is 11.4 Å². The van der Waals surface area contributed by atoms with E-state index >= 15 is 0 Å². The van der Waals surface area contributed by atoms with Crippen LogP contribution in [0.1, 0.15) is 41.6 Å². The van der Waals surface area contributed by atoms with Gasteiger partial charge in [-0.05, 0) is 37.3 Å². The molecule has 6 nitrogen and oxygen atoms in total. The number of hydrogen-bond donors (Lipinski definition) is 1. The van der Waals surface area contributed by atoms with Crippen molar-refractivity contribution in [1.29, 1.82) is 0 Å². The third-order valence-corrected chi connectivity index (χ3v) is 5.63. The lowest BCUT2D eigenvalue weighted by Crippen LogP contribution is -2.37. The van der Waals surface area contributed by atoms with Crippen molar-refractivity contribution >= 4 is 17.7 Å². The van der Waals surface area contributed by atoms with Crippen LogP contribution in [0.15, 0.2) is 18.2 Å². The normalized spacial score (nSPS) is 26.0. The number of nitrogens with one attached hydrogen (secondary N) is 1. The maximum absolute atomic E-state index is 13.1. The summed E-state index contributed by atoms with van der Waals surface area (Å²) in [6.07, 6.45) is 4.26. The van der Waals surface area contributed by atoms with Crippen molar-refractivity contribution in [1.82, 2.24) is 9.80 Å². The summed E-state index contributed by atoms with van der Waals surface area (Å²) >= 11 is 0. The van der Waals surface area contributed by atoms with Crippen molar-refractivity contribution < 1.29 is 14.3 Å². The first-order valence-electron chi connectivity index (χ1n) is 9.17. The molecule has 1 N–H and O–H groups in total. The average molecular weight is 343 g/mol. The average Bonchev–Trinajstić information content (AvgIpc) is 2.79. The molecule has 3 heterocycles. The highest BCUT2D eigenvalue weighted by atomic mass is 16.6. The summed E-state index contributed by atoms with van der Waals surface area (Å²) in [5, 5.41) is 3.40. The van der Waals surface area contributed by atoms with E-state index in [1.165, 1.54) is 5.56 Å². The van der Waals surface area contributed by atoms with Gasteiger partial charge in [-0.2, -0.15) is 0 Å². The summed E-state index contributed by atoms with van der Waals surface area (Å²) in [5.74, 6) is 0.0842. The minimum Gasteiger partial charge on any atom is -0.441 e. The molecule has 0 radical (unpaired) electrons. The molecule has 0 bridgehead atoms. The van der Waals surface area contributed by atoms with Crippen LogP contribution in [-0.4, -0.2) is 60.6 Å². The van der Waals surface area contributed by atoms with E-state index in [0.717, 1.165) is 43.5 Å². The SMILES string of the molecule is CN1C[C@]2(CCCN(C(=O)c3cccc4c3NCCC4)CC2)OC1=O. The van der Waals surface area contributed by atoms with Crippen LogP contribution >= 0.6 is 0 Å². The maximum Gasteiger partial charge on any atom is 0.410 e. The van der Waals surface area contributed by atoms with Crippen molar-refractivity contribution in [3.8, 4) is 0 Å². The smallest absolute Gasteiger partial charge is 0.410 e. The lowest BCUT2D eigenvalue weighted by Gasteiger charge is -2.27. The molecular formula is C19H25N3O3. The first kappa shape index (κ1) is 16.2. The second-order valence-electron chi connectivity index (χ2n) is 7.42. The Kier molecular flexibility index (Phi) is 4.06. The molecule has 1 aromatic carbocycles. The summed E-state index contributed by atoms with van der Waals surface area (Å²) in [6, 6.07) is 6.00. The molecule has 134 valence electrons. The largest absolute Gasteiger partial charge is 0.441 e. The lowest BCUT2D eigenvalue weighted by molar-refractivity contribution is 0.0439. The van der Waals surface area contributed by atoms with Gasteiger partial charge in [0.25, 0.3) is 5.91 Å². The first-order valence-corrected chi connectivity index (χ1v) is 9.17. The molecule has 2 fully saturated rings. The van der Waals surface area contributed by atoms with E-state index in [4.69, 9.17) is 4.74 Å². The Hall–Kier alpha value is -2.24. The molecule has 2 saturated heterocycles. The van der Waals surface area contributed by atoms with Gasteiger partial charge in [0.1, 0.15) is 5.60 Å². The predicted molar refractivity (Wildman–Crippen MR) is 94.8 cm³/mol. The number of para-hydroxylation sites is 1. The number of rotatable bonds is 1. The highest BCUT2D eigenvalue weighted by molar-refractivity contribution is 6.00. The molecule has 3 aliphatic heterocycles. The van der Waals surface area contributed by atoms with Gasteiger partial charge >= 0.3 is 6.09 Å². The van der Waals surface area contributed by atoms with Crippen LogP contribution in [0, 0.1) is 0 Å². The highest BCUT2D eigenvalue weighted by Gasteiger charge is 2.44. The number of fused-ring (bicyclic) bond motifs is 1. The second kappa shape index (κ2) is 6.24. The fourth-order valence-electron chi connectivity index (χ4n) is 4.28. The van der Waals surface area contributed by atoms with Gasteiger partial charge in [0.15, 0.2) is 0 Å². The number of nitrogens with zero attached hydrogens (tertiary/aromatic N) is 2. The van der Waals surface area contributed by atoms with Crippen LogP contribution in [-0.2, 0) is 11.2 Å². The fraction of sp³-hybridized carbons (Fsp3) is 0.579. The zero-order valence-corrected chi connectivity index (χ0v) is 14.7. The molecule has 4 rings (SSSR count). The third-order valence-electron chi connectivity index (χ3n) is 5.63. The quantitative estimate of drug-likeness (QED) is 0.851. The van der Waals surface area contributed by atoms with Crippen LogP contribution < -0.4 is 5.32 Å². The zero-order chi connectivity index (χ0) is 17.4.